The van der Waals surface area contributed by atoms with Gasteiger partial charge in [-0.05, 0) is 35.2 Å². The van der Waals surface area contributed by atoms with E-state index in [4.69, 9.17) is 11.6 Å². The number of hydrogen-bond donors (Lipinski definition) is 0. The second-order valence-corrected chi connectivity index (χ2v) is 6.07. The van der Waals surface area contributed by atoms with Gasteiger partial charge in [0.2, 0.25) is 5.52 Å². The van der Waals surface area contributed by atoms with Gasteiger partial charge in [0.05, 0.1) is 20.9 Å². The number of aromatic nitrogens is 2. The van der Waals surface area contributed by atoms with Crippen LogP contribution in [0, 0.1) is 15.3 Å². The smallest absolute Gasteiger partial charge is 0.327 e. The molecule has 0 fully saturated rings. The van der Waals surface area contributed by atoms with Gasteiger partial charge in [-0.2, -0.15) is 0 Å². The number of nitrogens with zero attached hydrogens (tertiary/aromatic N) is 3. The zero-order valence-electron chi connectivity index (χ0n) is 10.6. The van der Waals surface area contributed by atoms with Crippen LogP contribution in [0.3, 0.4) is 0 Å². The van der Waals surface area contributed by atoms with Crippen molar-refractivity contribution in [2.24, 2.45) is 0 Å². The van der Waals surface area contributed by atoms with E-state index < -0.39 is 21.4 Å². The minimum absolute atomic E-state index is 0.00544. The van der Waals surface area contributed by atoms with Crippen molar-refractivity contribution in [1.29, 1.82) is 0 Å². The van der Waals surface area contributed by atoms with Crippen LogP contribution in [-0.2, 0) is 10.8 Å². The maximum atomic E-state index is 12.6. The van der Waals surface area contributed by atoms with E-state index in [0.29, 0.717) is 9.92 Å². The molecule has 0 N–H and O–H groups in total. The number of nitro benzene ring substituents is 1. The highest BCUT2D eigenvalue weighted by Crippen LogP contribution is 2.29. The van der Waals surface area contributed by atoms with Gasteiger partial charge in [-0.1, -0.05) is 11.6 Å². The molecule has 0 saturated carbocycles. The summed E-state index contributed by atoms with van der Waals surface area (Å²) in [5.74, 6) is 0. The fourth-order valence-electron chi connectivity index (χ4n) is 1.92. The summed E-state index contributed by atoms with van der Waals surface area (Å²) in [6.07, 6.45) is 0. The Morgan fingerprint density at radius 1 is 1.23 bits per heavy atom. The van der Waals surface area contributed by atoms with Crippen molar-refractivity contribution < 1.29 is 18.7 Å². The van der Waals surface area contributed by atoms with Crippen molar-refractivity contribution in [3.8, 4) is 0 Å². The molecule has 0 saturated heterocycles. The highest BCUT2D eigenvalue weighted by Gasteiger charge is 2.28. The van der Waals surface area contributed by atoms with Gasteiger partial charge in [0.1, 0.15) is 4.90 Å². The Balaban J connectivity index is 2.21. The van der Waals surface area contributed by atoms with Crippen molar-refractivity contribution in [3.63, 3.8) is 0 Å². The van der Waals surface area contributed by atoms with E-state index >= 15 is 0 Å². The van der Waals surface area contributed by atoms with Crippen molar-refractivity contribution in [2.75, 3.05) is 0 Å². The lowest BCUT2D eigenvalue weighted by atomic mass is 10.3. The van der Waals surface area contributed by atoms with Gasteiger partial charge in [-0.25, -0.2) is 4.21 Å². The van der Waals surface area contributed by atoms with E-state index in [2.05, 4.69) is 9.79 Å². The molecule has 0 aliphatic carbocycles. The summed E-state index contributed by atoms with van der Waals surface area (Å²) in [6.45, 7) is 0. The minimum atomic E-state index is -1.74. The molecule has 8 nitrogen and oxygen atoms in total. The summed E-state index contributed by atoms with van der Waals surface area (Å²) in [5.41, 5.74) is -0.882. The second kappa shape index (κ2) is 5.35. The zero-order chi connectivity index (χ0) is 15.9. The summed E-state index contributed by atoms with van der Waals surface area (Å²) < 4.78 is 17.0. The molecule has 0 radical (unpaired) electrons. The molecule has 10 heteroatoms. The first-order valence-electron chi connectivity index (χ1n) is 5.83. The first kappa shape index (κ1) is 14.4. The van der Waals surface area contributed by atoms with Crippen LogP contribution in [0.25, 0.3) is 11.0 Å². The number of benzene rings is 2. The van der Waals surface area contributed by atoms with Crippen molar-refractivity contribution >= 4 is 39.1 Å². The van der Waals surface area contributed by atoms with Crippen LogP contribution in [0.4, 0.5) is 5.69 Å². The third kappa shape index (κ3) is 2.30. The third-order valence-electron chi connectivity index (χ3n) is 2.91. The molecule has 0 amide bonds. The van der Waals surface area contributed by atoms with Gasteiger partial charge in [0, 0.05) is 16.0 Å². The van der Waals surface area contributed by atoms with Gasteiger partial charge >= 0.3 is 11.2 Å². The molecular weight excluding hydrogens is 334 g/mol. The summed E-state index contributed by atoms with van der Waals surface area (Å²) in [4.78, 5) is 10.7. The Kier molecular flexibility index (Phi) is 3.51. The molecular formula is C12H6ClN3O5S. The van der Waals surface area contributed by atoms with Gasteiger partial charge in [-0.3, -0.25) is 14.7 Å². The van der Waals surface area contributed by atoms with E-state index in [1.807, 2.05) is 0 Å². The molecule has 22 heavy (non-hydrogen) atoms. The van der Waals surface area contributed by atoms with Crippen LogP contribution in [0.2, 0.25) is 5.02 Å². The maximum Gasteiger partial charge on any atom is 0.327 e. The highest BCUT2D eigenvalue weighted by atomic mass is 35.5. The Morgan fingerprint density at radius 3 is 2.55 bits per heavy atom. The Hall–Kier alpha value is -2.52. The van der Waals surface area contributed by atoms with Gasteiger partial charge in [0.15, 0.2) is 0 Å². The number of fused-ring (bicyclic) bond motifs is 1. The highest BCUT2D eigenvalue weighted by molar-refractivity contribution is 7.85. The molecule has 3 aromatic rings. The second-order valence-electron chi connectivity index (χ2n) is 4.19. The summed E-state index contributed by atoms with van der Waals surface area (Å²) in [5, 5.41) is 26.4. The Bertz CT molecular complexity index is 909. The number of nitro groups is 1. The SMILES string of the molecule is O=[N+]([O-])c1ccc([S@](=O)c2ccc(Cl)cc2)c2c1no[n+]2[O-]. The lowest BCUT2D eigenvalue weighted by Gasteiger charge is -2.02. The first-order valence-corrected chi connectivity index (χ1v) is 7.36. The Labute approximate surface area is 130 Å². The van der Waals surface area contributed by atoms with Crippen LogP contribution in [0.5, 0.6) is 0 Å². The van der Waals surface area contributed by atoms with Crippen LogP contribution < -0.4 is 4.90 Å². The van der Waals surface area contributed by atoms with Crippen molar-refractivity contribution in [2.45, 2.75) is 9.79 Å². The number of hydrogen-bond acceptors (Lipinski definition) is 6. The standard InChI is InChI=1S/C12H6ClN3O5S/c13-7-1-3-8(4-2-7)22(20)10-6-5-9(15(17)18)11-12(10)16(19)21-14-11/h1-6H/t22-/m1/s1. The quantitative estimate of drug-likeness (QED) is 0.410. The van der Waals surface area contributed by atoms with E-state index in [0.717, 1.165) is 6.07 Å². The maximum absolute atomic E-state index is 12.6. The van der Waals surface area contributed by atoms with Crippen LogP contribution in [-0.4, -0.2) is 14.3 Å². The van der Waals surface area contributed by atoms with Crippen LogP contribution in [0.1, 0.15) is 0 Å². The number of halogens is 1. The predicted molar refractivity (Wildman–Crippen MR) is 75.7 cm³/mol. The molecule has 2 aromatic carbocycles. The van der Waals surface area contributed by atoms with E-state index in [1.165, 1.54) is 18.2 Å². The average Bonchev–Trinajstić information content (AvgIpc) is 2.89. The monoisotopic (exact) mass is 339 g/mol. The predicted octanol–water partition coefficient (Wildman–Crippen LogP) is 2.19. The molecule has 1 atom stereocenters. The van der Waals surface area contributed by atoms with Crippen molar-refractivity contribution in [3.05, 3.63) is 56.7 Å². The molecule has 3 rings (SSSR count). The van der Waals surface area contributed by atoms with Crippen molar-refractivity contribution in [1.82, 2.24) is 5.16 Å². The zero-order valence-corrected chi connectivity index (χ0v) is 12.2. The molecule has 0 unspecified atom stereocenters. The van der Waals surface area contributed by atoms with E-state index in [1.54, 1.807) is 12.1 Å². The summed E-state index contributed by atoms with van der Waals surface area (Å²) >= 11 is 5.77. The molecule has 112 valence electrons. The van der Waals surface area contributed by atoms with Gasteiger partial charge in [0.25, 0.3) is 0 Å². The topological polar surface area (TPSA) is 113 Å². The third-order valence-corrected chi connectivity index (χ3v) is 4.59. The fraction of sp³-hybridized carbons (Fsp3) is 0. The first-order chi connectivity index (χ1) is 10.5. The Morgan fingerprint density at radius 2 is 1.91 bits per heavy atom. The van der Waals surface area contributed by atoms with E-state index in [9.17, 15) is 19.5 Å². The van der Waals surface area contributed by atoms with E-state index in [-0.39, 0.29) is 20.8 Å². The molecule has 0 aliphatic heterocycles. The normalized spacial score (nSPS) is 12.4. The average molecular weight is 340 g/mol. The molecule has 0 spiro atoms. The molecule has 1 aromatic heterocycles. The molecule has 0 bridgehead atoms. The largest absolute Gasteiger partial charge is 0.359 e. The minimum Gasteiger partial charge on any atom is -0.359 e. The van der Waals surface area contributed by atoms with Crippen LogP contribution in [0.15, 0.2) is 50.8 Å². The lowest BCUT2D eigenvalue weighted by Crippen LogP contribution is -2.24. The number of non-ortho nitro benzene ring substituents is 1. The fourth-order valence-corrected chi connectivity index (χ4v) is 3.22. The summed E-state index contributed by atoms with van der Waals surface area (Å²) in [7, 11) is -1.74. The van der Waals surface area contributed by atoms with Crippen LogP contribution >= 0.6 is 11.6 Å². The lowest BCUT2D eigenvalue weighted by molar-refractivity contribution is -0.783. The van der Waals surface area contributed by atoms with Gasteiger partial charge in [-0.15, -0.1) is 0 Å². The summed E-state index contributed by atoms with van der Waals surface area (Å²) in [6, 6.07) is 8.56. The number of rotatable bonds is 3. The van der Waals surface area contributed by atoms with Gasteiger partial charge < -0.3 is 5.21 Å². The molecule has 1 heterocycles. The molecule has 0 aliphatic rings.